The van der Waals surface area contributed by atoms with Crippen molar-refractivity contribution in [3.05, 3.63) is 22.4 Å². The summed E-state index contributed by atoms with van der Waals surface area (Å²) in [5.41, 5.74) is 0. The van der Waals surface area contributed by atoms with Crippen LogP contribution in [-0.2, 0) is 20.9 Å². The predicted molar refractivity (Wildman–Crippen MR) is 88.7 cm³/mol. The minimum atomic E-state index is -5.08. The molecule has 2 fully saturated rings. The summed E-state index contributed by atoms with van der Waals surface area (Å²) in [6.45, 7) is 2.62. The minimum absolute atomic E-state index is 0.0595. The molecule has 146 valence electrons. The Labute approximate surface area is 152 Å². The fourth-order valence-corrected chi connectivity index (χ4v) is 3.96. The Morgan fingerprint density at radius 3 is 2.69 bits per heavy atom. The Kier molecular flexibility index (Phi) is 7.01. The molecule has 2 N–H and O–H groups in total. The maximum atomic E-state index is 11.9. The van der Waals surface area contributed by atoms with E-state index in [2.05, 4.69) is 27.7 Å². The van der Waals surface area contributed by atoms with E-state index >= 15 is 0 Å². The van der Waals surface area contributed by atoms with E-state index in [1.165, 1.54) is 4.88 Å². The number of likely N-dealkylation sites (tertiary alicyclic amines) is 1. The highest BCUT2D eigenvalue weighted by Gasteiger charge is 2.42. The zero-order chi connectivity index (χ0) is 19.3. The van der Waals surface area contributed by atoms with Gasteiger partial charge in [-0.05, 0) is 24.3 Å². The van der Waals surface area contributed by atoms with E-state index in [1.807, 2.05) is 0 Å². The Morgan fingerprint density at radius 2 is 2.15 bits per heavy atom. The molecule has 0 radical (unpaired) electrons. The number of carbonyl (C=O) groups is 2. The second kappa shape index (κ2) is 8.83. The molecule has 1 amide bonds. The van der Waals surface area contributed by atoms with E-state index in [4.69, 9.17) is 14.6 Å². The molecule has 2 aliphatic rings. The first kappa shape index (κ1) is 20.7. The molecule has 26 heavy (non-hydrogen) atoms. The van der Waals surface area contributed by atoms with Gasteiger partial charge in [0.1, 0.15) is 0 Å². The monoisotopic (exact) mass is 394 g/mol. The SMILES string of the molecule is CNC(=O)[C@H]1C[C@H]2OCC[C@H]2N(Cc2cccs2)C1.O=C(O)C(F)(F)F. The molecular weight excluding hydrogens is 373 g/mol. The van der Waals surface area contributed by atoms with Crippen LogP contribution in [0.5, 0.6) is 0 Å². The predicted octanol–water partition coefficient (Wildman–Crippen LogP) is 2.11. The molecule has 0 unspecified atom stereocenters. The summed E-state index contributed by atoms with van der Waals surface area (Å²) in [6, 6.07) is 4.74. The highest BCUT2D eigenvalue weighted by molar-refractivity contribution is 7.09. The number of fused-ring (bicyclic) bond motifs is 1. The highest BCUT2D eigenvalue weighted by Crippen LogP contribution is 2.32. The second-order valence-electron chi connectivity index (χ2n) is 6.12. The van der Waals surface area contributed by atoms with Crippen molar-refractivity contribution in [3.63, 3.8) is 0 Å². The lowest BCUT2D eigenvalue weighted by Gasteiger charge is -2.39. The zero-order valence-electron chi connectivity index (χ0n) is 14.2. The summed E-state index contributed by atoms with van der Waals surface area (Å²) in [5, 5.41) is 12.0. The molecule has 3 rings (SSSR count). The summed E-state index contributed by atoms with van der Waals surface area (Å²) >= 11 is 1.78. The van der Waals surface area contributed by atoms with Crippen LogP contribution in [0, 0.1) is 5.92 Å². The number of hydrogen-bond acceptors (Lipinski definition) is 5. The molecule has 3 heterocycles. The number of rotatable bonds is 3. The average Bonchev–Trinajstić information content (AvgIpc) is 3.24. The van der Waals surface area contributed by atoms with Crippen molar-refractivity contribution in [2.24, 2.45) is 5.92 Å². The molecule has 0 saturated carbocycles. The van der Waals surface area contributed by atoms with Crippen LogP contribution in [0.1, 0.15) is 17.7 Å². The molecule has 6 nitrogen and oxygen atoms in total. The third kappa shape index (κ3) is 5.42. The molecule has 0 spiro atoms. The number of aliphatic carboxylic acids is 1. The lowest BCUT2D eigenvalue weighted by atomic mass is 9.89. The molecule has 2 aliphatic heterocycles. The number of alkyl halides is 3. The quantitative estimate of drug-likeness (QED) is 0.821. The normalized spacial score (nSPS) is 25.8. The minimum Gasteiger partial charge on any atom is -0.475 e. The third-order valence-corrected chi connectivity index (χ3v) is 5.28. The first-order valence-corrected chi connectivity index (χ1v) is 9.00. The zero-order valence-corrected chi connectivity index (χ0v) is 15.0. The number of piperidine rings is 1. The van der Waals surface area contributed by atoms with Gasteiger partial charge in [-0.1, -0.05) is 6.07 Å². The lowest BCUT2D eigenvalue weighted by molar-refractivity contribution is -0.192. The number of thiophene rings is 1. The van der Waals surface area contributed by atoms with Crippen molar-refractivity contribution in [1.29, 1.82) is 0 Å². The number of hydrogen-bond donors (Lipinski definition) is 2. The van der Waals surface area contributed by atoms with Gasteiger partial charge in [-0.15, -0.1) is 11.3 Å². The number of carboxylic acid groups (broad SMARTS) is 1. The number of carbonyl (C=O) groups excluding carboxylic acids is 1. The fourth-order valence-electron chi connectivity index (χ4n) is 3.23. The van der Waals surface area contributed by atoms with E-state index in [1.54, 1.807) is 18.4 Å². The summed E-state index contributed by atoms with van der Waals surface area (Å²) in [5.74, 6) is -2.55. The number of halogens is 3. The molecule has 2 saturated heterocycles. The van der Waals surface area contributed by atoms with Crippen LogP contribution in [0.3, 0.4) is 0 Å². The summed E-state index contributed by atoms with van der Waals surface area (Å²) in [6.07, 6.45) is -2.89. The van der Waals surface area contributed by atoms with E-state index in [-0.39, 0.29) is 17.9 Å². The smallest absolute Gasteiger partial charge is 0.475 e. The number of amides is 1. The average molecular weight is 394 g/mol. The van der Waals surface area contributed by atoms with Gasteiger partial charge in [-0.2, -0.15) is 13.2 Å². The van der Waals surface area contributed by atoms with Gasteiger partial charge < -0.3 is 15.2 Å². The Balaban J connectivity index is 0.000000298. The Hall–Kier alpha value is -1.65. The maximum Gasteiger partial charge on any atom is 0.490 e. The van der Waals surface area contributed by atoms with Crippen molar-refractivity contribution >= 4 is 23.2 Å². The lowest BCUT2D eigenvalue weighted by Crippen LogP contribution is -2.52. The molecule has 3 atom stereocenters. The molecule has 0 aliphatic carbocycles. The number of nitrogens with zero attached hydrogens (tertiary/aromatic N) is 1. The second-order valence-corrected chi connectivity index (χ2v) is 7.16. The standard InChI is InChI=1S/C14H20N2O2S.C2HF3O2/c1-15-14(17)10-7-13-12(4-5-18-13)16(8-10)9-11-3-2-6-19-11;3-2(4,5)1(6)7/h2-3,6,10,12-13H,4-5,7-9H2,1H3,(H,15,17);(H,6,7)/t10-,12+,13+;/m0./s1. The van der Waals surface area contributed by atoms with Crippen LogP contribution in [0.2, 0.25) is 0 Å². The van der Waals surface area contributed by atoms with E-state index in [9.17, 15) is 18.0 Å². The van der Waals surface area contributed by atoms with Crippen molar-refractivity contribution in [1.82, 2.24) is 10.2 Å². The maximum absolute atomic E-state index is 11.9. The molecule has 1 aromatic rings. The highest BCUT2D eigenvalue weighted by atomic mass is 32.1. The van der Waals surface area contributed by atoms with Crippen LogP contribution in [0.4, 0.5) is 13.2 Å². The van der Waals surface area contributed by atoms with Gasteiger partial charge in [0.15, 0.2) is 0 Å². The van der Waals surface area contributed by atoms with Crippen molar-refractivity contribution in [2.75, 3.05) is 20.2 Å². The van der Waals surface area contributed by atoms with Crippen LogP contribution >= 0.6 is 11.3 Å². The van der Waals surface area contributed by atoms with E-state index in [0.29, 0.717) is 6.04 Å². The largest absolute Gasteiger partial charge is 0.490 e. The topological polar surface area (TPSA) is 78.9 Å². The number of nitrogens with one attached hydrogen (secondary N) is 1. The summed E-state index contributed by atoms with van der Waals surface area (Å²) < 4.78 is 37.5. The van der Waals surface area contributed by atoms with E-state index in [0.717, 1.165) is 32.5 Å². The molecular formula is C16H21F3N2O4S. The molecule has 10 heteroatoms. The third-order valence-electron chi connectivity index (χ3n) is 4.41. The van der Waals surface area contributed by atoms with E-state index < -0.39 is 12.1 Å². The first-order valence-electron chi connectivity index (χ1n) is 8.12. The van der Waals surface area contributed by atoms with Gasteiger partial charge in [-0.3, -0.25) is 9.69 Å². The summed E-state index contributed by atoms with van der Waals surface area (Å²) in [7, 11) is 1.72. The Morgan fingerprint density at radius 1 is 1.46 bits per heavy atom. The van der Waals surface area contributed by atoms with Gasteiger partial charge in [0.25, 0.3) is 0 Å². The van der Waals surface area contributed by atoms with Crippen LogP contribution < -0.4 is 5.32 Å². The van der Waals surface area contributed by atoms with Gasteiger partial charge >= 0.3 is 12.1 Å². The Bertz CT molecular complexity index is 609. The van der Waals surface area contributed by atoms with Crippen LogP contribution in [0.15, 0.2) is 17.5 Å². The van der Waals surface area contributed by atoms with Crippen molar-refractivity contribution in [3.8, 4) is 0 Å². The van der Waals surface area contributed by atoms with Crippen LogP contribution in [0.25, 0.3) is 0 Å². The van der Waals surface area contributed by atoms with Gasteiger partial charge in [0.05, 0.1) is 12.0 Å². The van der Waals surface area contributed by atoms with Crippen molar-refractivity contribution < 1.29 is 32.6 Å². The summed E-state index contributed by atoms with van der Waals surface area (Å²) in [4.78, 5) is 24.6. The van der Waals surface area contributed by atoms with Crippen molar-refractivity contribution in [2.45, 2.75) is 37.7 Å². The number of ether oxygens (including phenoxy) is 1. The number of carboxylic acids is 1. The molecule has 0 bridgehead atoms. The van der Waals surface area contributed by atoms with Gasteiger partial charge in [-0.25, -0.2) is 4.79 Å². The van der Waals surface area contributed by atoms with Gasteiger partial charge in [0, 0.05) is 37.7 Å². The fraction of sp³-hybridized carbons (Fsp3) is 0.625. The first-order chi connectivity index (χ1) is 12.2. The molecule has 1 aromatic heterocycles. The van der Waals surface area contributed by atoms with Crippen LogP contribution in [-0.4, -0.2) is 60.4 Å². The molecule has 0 aromatic carbocycles. The van der Waals surface area contributed by atoms with Gasteiger partial charge in [0.2, 0.25) is 5.91 Å².